The van der Waals surface area contributed by atoms with E-state index in [1.807, 2.05) is 64.5 Å². The van der Waals surface area contributed by atoms with Gasteiger partial charge in [0.15, 0.2) is 6.10 Å². The molecular weight excluding hydrogens is 765 g/mol. The number of hydrogen-bond acceptors (Lipinski definition) is 8. The van der Waals surface area contributed by atoms with Crippen LogP contribution in [0.3, 0.4) is 0 Å². The lowest BCUT2D eigenvalue weighted by atomic mass is 10.0. The molecular formula is C48H87NO9P+. The molecule has 342 valence electrons. The van der Waals surface area contributed by atoms with Crippen LogP contribution >= 0.6 is 7.82 Å². The quantitative estimate of drug-likeness (QED) is 0.0154. The van der Waals surface area contributed by atoms with Crippen molar-refractivity contribution in [1.29, 1.82) is 0 Å². The third-order valence-electron chi connectivity index (χ3n) is 9.64. The van der Waals surface area contributed by atoms with E-state index in [2.05, 4.69) is 31.2 Å². The number of unbranched alkanes of at least 4 members (excludes halogenated alkanes) is 17. The van der Waals surface area contributed by atoms with Gasteiger partial charge in [-0.05, 0) is 44.9 Å². The number of nitrogens with zero attached hydrogens (tertiary/aromatic N) is 1. The van der Waals surface area contributed by atoms with Crippen LogP contribution < -0.4 is 0 Å². The number of allylic oxidation sites excluding steroid dienone is 8. The van der Waals surface area contributed by atoms with E-state index >= 15 is 0 Å². The molecule has 2 N–H and O–H groups in total. The first-order chi connectivity index (χ1) is 28.4. The Morgan fingerprint density at radius 2 is 1.15 bits per heavy atom. The van der Waals surface area contributed by atoms with Gasteiger partial charge in [0.25, 0.3) is 0 Å². The Morgan fingerprint density at radius 3 is 1.73 bits per heavy atom. The number of carbonyl (C=O) groups excluding carboxylic acids is 2. The molecule has 0 aromatic rings. The van der Waals surface area contributed by atoms with Crippen LogP contribution in [0.15, 0.2) is 60.8 Å². The first-order valence-corrected chi connectivity index (χ1v) is 24.6. The fourth-order valence-electron chi connectivity index (χ4n) is 6.01. The lowest BCUT2D eigenvalue weighted by Crippen LogP contribution is -2.37. The van der Waals surface area contributed by atoms with Crippen molar-refractivity contribution in [3.63, 3.8) is 0 Å². The summed E-state index contributed by atoms with van der Waals surface area (Å²) in [5.74, 6) is -0.889. The van der Waals surface area contributed by atoms with Crippen LogP contribution in [0.25, 0.3) is 0 Å². The summed E-state index contributed by atoms with van der Waals surface area (Å²) < 4.78 is 34.3. The van der Waals surface area contributed by atoms with Crippen LogP contribution in [-0.2, 0) is 32.7 Å². The molecule has 59 heavy (non-hydrogen) atoms. The standard InChI is InChI=1S/C48H86NO9P/c1-6-8-10-11-12-13-14-15-16-17-18-19-24-27-30-33-36-40-48(52)58-46(44-57-59(53,54)56-42-41-49(3,4)5)43-55-47(51)39-35-32-29-26-23-21-20-22-25-28-31-34-38-45(50)37-9-7-2/h9,20-21,25-26,28-29,31,34,37,45-46,50H,6-8,10-19,22-24,27,30,32-33,35-36,38-44H2,1-5H3/p+1/b21-20-,28-25-,29-26-,34-31+,37-9-/t45?,46-/m1/s1. The van der Waals surface area contributed by atoms with Gasteiger partial charge >= 0.3 is 19.8 Å². The summed E-state index contributed by atoms with van der Waals surface area (Å²) >= 11 is 0. The molecule has 2 unspecified atom stereocenters. The van der Waals surface area contributed by atoms with Gasteiger partial charge in [0.2, 0.25) is 0 Å². The number of esters is 2. The third-order valence-corrected chi connectivity index (χ3v) is 10.6. The minimum atomic E-state index is -4.40. The summed E-state index contributed by atoms with van der Waals surface area (Å²) in [5.41, 5.74) is 0. The Labute approximate surface area is 360 Å². The lowest BCUT2D eigenvalue weighted by molar-refractivity contribution is -0.870. The number of hydrogen-bond donors (Lipinski definition) is 2. The number of aliphatic hydroxyl groups is 1. The SMILES string of the molecule is CC/C=C\C(O)C/C=C/C=C\C/C=C\C/C=C\CCCC(=O)OC[C@H](COP(=O)(O)OCC[N+](C)(C)C)OC(=O)CCCCCCCCCCCCCCCCCCC. The molecule has 0 saturated carbocycles. The van der Waals surface area contributed by atoms with Crippen LogP contribution in [-0.4, -0.2) is 86.1 Å². The molecule has 0 amide bonds. The zero-order valence-corrected chi connectivity index (χ0v) is 39.0. The minimum absolute atomic E-state index is 0.0146. The first-order valence-electron chi connectivity index (χ1n) is 23.1. The number of quaternary nitrogens is 1. The van der Waals surface area contributed by atoms with Crippen molar-refractivity contribution in [2.75, 3.05) is 47.5 Å². The van der Waals surface area contributed by atoms with E-state index < -0.39 is 38.6 Å². The van der Waals surface area contributed by atoms with E-state index in [1.54, 1.807) is 0 Å². The molecule has 0 aliphatic carbocycles. The molecule has 0 heterocycles. The van der Waals surface area contributed by atoms with Crippen molar-refractivity contribution in [3.8, 4) is 0 Å². The fraction of sp³-hybridized carbons (Fsp3) is 0.750. The summed E-state index contributed by atoms with van der Waals surface area (Å²) in [5, 5.41) is 9.77. The van der Waals surface area contributed by atoms with E-state index in [0.717, 1.165) is 38.5 Å². The van der Waals surface area contributed by atoms with Gasteiger partial charge in [-0.25, -0.2) is 4.57 Å². The van der Waals surface area contributed by atoms with E-state index in [9.17, 15) is 24.2 Å². The molecule has 0 bridgehead atoms. The van der Waals surface area contributed by atoms with Crippen LogP contribution in [0.4, 0.5) is 0 Å². The molecule has 0 aliphatic heterocycles. The second-order valence-corrected chi connectivity index (χ2v) is 18.1. The van der Waals surface area contributed by atoms with Gasteiger partial charge < -0.3 is 24.0 Å². The maximum absolute atomic E-state index is 12.7. The summed E-state index contributed by atoms with van der Waals surface area (Å²) in [6, 6.07) is 0. The Balaban J connectivity index is 4.44. The predicted molar refractivity (Wildman–Crippen MR) is 244 cm³/mol. The highest BCUT2D eigenvalue weighted by Crippen LogP contribution is 2.43. The fourth-order valence-corrected chi connectivity index (χ4v) is 6.75. The molecule has 10 nitrogen and oxygen atoms in total. The highest BCUT2D eigenvalue weighted by Gasteiger charge is 2.27. The zero-order chi connectivity index (χ0) is 43.7. The van der Waals surface area contributed by atoms with E-state index in [0.29, 0.717) is 36.7 Å². The number of phosphoric ester groups is 1. The van der Waals surface area contributed by atoms with Gasteiger partial charge in [-0.1, -0.05) is 177 Å². The molecule has 0 radical (unpaired) electrons. The Hall–Kier alpha value is -2.33. The van der Waals surface area contributed by atoms with E-state index in [-0.39, 0.29) is 26.1 Å². The van der Waals surface area contributed by atoms with E-state index in [4.69, 9.17) is 18.5 Å². The highest BCUT2D eigenvalue weighted by atomic mass is 31.2. The Morgan fingerprint density at radius 1 is 0.627 bits per heavy atom. The Bertz CT molecular complexity index is 1210. The Kier molecular flexibility index (Phi) is 38.2. The summed E-state index contributed by atoms with van der Waals surface area (Å²) in [4.78, 5) is 35.4. The lowest BCUT2D eigenvalue weighted by Gasteiger charge is -2.24. The monoisotopic (exact) mass is 853 g/mol. The molecule has 0 rings (SSSR count). The highest BCUT2D eigenvalue weighted by molar-refractivity contribution is 7.47. The molecule has 0 aromatic heterocycles. The zero-order valence-electron chi connectivity index (χ0n) is 38.1. The average Bonchev–Trinajstić information content (AvgIpc) is 3.18. The van der Waals surface area contributed by atoms with E-state index in [1.165, 1.54) is 83.5 Å². The van der Waals surface area contributed by atoms with Gasteiger partial charge in [-0.3, -0.25) is 18.6 Å². The summed E-state index contributed by atoms with van der Waals surface area (Å²) in [6.45, 7) is 4.11. The number of phosphoric acid groups is 1. The number of likely N-dealkylation sites (N-methyl/N-ethyl adjacent to an activating group) is 1. The van der Waals surface area contributed by atoms with Gasteiger partial charge in [-0.15, -0.1) is 0 Å². The molecule has 0 fully saturated rings. The first kappa shape index (κ1) is 56.7. The van der Waals surface area contributed by atoms with Crippen LogP contribution in [0.2, 0.25) is 0 Å². The molecule has 0 aromatic carbocycles. The number of rotatable bonds is 41. The molecule has 3 atom stereocenters. The number of aliphatic hydroxyl groups excluding tert-OH is 1. The largest absolute Gasteiger partial charge is 0.472 e. The predicted octanol–water partition coefficient (Wildman–Crippen LogP) is 12.2. The summed E-state index contributed by atoms with van der Waals surface area (Å²) in [7, 11) is 1.42. The average molecular weight is 853 g/mol. The maximum atomic E-state index is 12.7. The number of ether oxygens (including phenoxy) is 2. The van der Waals surface area contributed by atoms with Crippen molar-refractivity contribution >= 4 is 19.8 Å². The smallest absolute Gasteiger partial charge is 0.462 e. The number of carbonyl (C=O) groups is 2. The van der Waals surface area contributed by atoms with Gasteiger partial charge in [0.05, 0.1) is 33.9 Å². The van der Waals surface area contributed by atoms with Crippen molar-refractivity contribution in [1.82, 2.24) is 0 Å². The topological polar surface area (TPSA) is 129 Å². The van der Waals surface area contributed by atoms with Crippen molar-refractivity contribution < 1.29 is 47.2 Å². The third kappa shape index (κ3) is 43.6. The van der Waals surface area contributed by atoms with Crippen LogP contribution in [0, 0.1) is 0 Å². The normalized spacial score (nSPS) is 14.6. The molecule has 0 aliphatic rings. The molecule has 0 spiro atoms. The van der Waals surface area contributed by atoms with Gasteiger partial charge in [0.1, 0.15) is 19.8 Å². The van der Waals surface area contributed by atoms with Gasteiger partial charge in [0, 0.05) is 12.8 Å². The molecule has 0 saturated heterocycles. The van der Waals surface area contributed by atoms with Crippen molar-refractivity contribution in [2.24, 2.45) is 0 Å². The van der Waals surface area contributed by atoms with Crippen molar-refractivity contribution in [2.45, 2.75) is 187 Å². The van der Waals surface area contributed by atoms with Gasteiger partial charge in [-0.2, -0.15) is 0 Å². The minimum Gasteiger partial charge on any atom is -0.462 e. The summed E-state index contributed by atoms with van der Waals surface area (Å²) in [6.07, 6.45) is 44.7. The second-order valence-electron chi connectivity index (χ2n) is 16.6. The molecule has 11 heteroatoms. The maximum Gasteiger partial charge on any atom is 0.472 e. The van der Waals surface area contributed by atoms with Crippen molar-refractivity contribution in [3.05, 3.63) is 60.8 Å². The second kappa shape index (κ2) is 39.8. The van der Waals surface area contributed by atoms with Crippen LogP contribution in [0.5, 0.6) is 0 Å². The van der Waals surface area contributed by atoms with Crippen LogP contribution in [0.1, 0.15) is 174 Å².